The zero-order valence-corrected chi connectivity index (χ0v) is 18.9. The molecule has 0 bridgehead atoms. The van der Waals surface area contributed by atoms with Crippen LogP contribution in [0.1, 0.15) is 61.0 Å². The van der Waals surface area contributed by atoms with Gasteiger partial charge in [-0.3, -0.25) is 4.79 Å². The first-order valence-corrected chi connectivity index (χ1v) is 11.0. The molecule has 0 saturated heterocycles. The summed E-state index contributed by atoms with van der Waals surface area (Å²) in [5.41, 5.74) is 2.05. The third-order valence-corrected chi connectivity index (χ3v) is 5.69. The summed E-state index contributed by atoms with van der Waals surface area (Å²) in [5, 5.41) is 12.0. The van der Waals surface area contributed by atoms with Gasteiger partial charge in [0.1, 0.15) is 0 Å². The quantitative estimate of drug-likeness (QED) is 0.615. The molecule has 2 rings (SSSR count). The molecule has 0 aliphatic carbocycles. The predicted molar refractivity (Wildman–Crippen MR) is 114 cm³/mol. The van der Waals surface area contributed by atoms with Gasteiger partial charge in [0, 0.05) is 17.8 Å². The number of nitrogens with one attached hydrogen (secondary N) is 3. The van der Waals surface area contributed by atoms with Gasteiger partial charge in [0.15, 0.2) is 5.03 Å². The molecule has 162 valence electrons. The summed E-state index contributed by atoms with van der Waals surface area (Å²) in [5.74, 6) is -0.471. The molecule has 0 aliphatic rings. The first-order chi connectivity index (χ1) is 14.0. The normalized spacial score (nSPS) is 11.5. The molecule has 2 aromatic rings. The topological polar surface area (TPSA) is 130 Å². The standard InChI is InChI=1S/C19H24ClN5O4S/c1-10(2)14-7-13(20)8-15(11(3)4)17(14)23-19(27)25-30(28,29)16-6-12(9-22-24-16)18(26)21-5/h6-11H,1-5H3,(H,21,26)(H2,23,25,27). The van der Waals surface area contributed by atoms with Crippen LogP contribution in [0.2, 0.25) is 5.02 Å². The number of rotatable bonds is 6. The second kappa shape index (κ2) is 9.40. The van der Waals surface area contributed by atoms with E-state index in [-0.39, 0.29) is 17.4 Å². The molecular formula is C19H24ClN5O4S. The van der Waals surface area contributed by atoms with Crippen LogP contribution in [0, 0.1) is 0 Å². The Morgan fingerprint density at radius 1 is 1.03 bits per heavy atom. The van der Waals surface area contributed by atoms with Crippen LogP contribution >= 0.6 is 11.6 Å². The summed E-state index contributed by atoms with van der Waals surface area (Å²) in [7, 11) is -2.96. The van der Waals surface area contributed by atoms with Crippen LogP contribution in [-0.2, 0) is 10.0 Å². The van der Waals surface area contributed by atoms with E-state index >= 15 is 0 Å². The highest BCUT2D eigenvalue weighted by molar-refractivity contribution is 7.90. The predicted octanol–water partition coefficient (Wildman–Crippen LogP) is 3.25. The van der Waals surface area contributed by atoms with Crippen molar-refractivity contribution in [2.75, 3.05) is 12.4 Å². The summed E-state index contributed by atoms with van der Waals surface area (Å²) in [6.07, 6.45) is 1.12. The van der Waals surface area contributed by atoms with Crippen molar-refractivity contribution in [1.82, 2.24) is 20.2 Å². The lowest BCUT2D eigenvalue weighted by Gasteiger charge is -2.21. The third-order valence-electron chi connectivity index (χ3n) is 4.27. The Hall–Kier alpha value is -2.72. The van der Waals surface area contributed by atoms with Gasteiger partial charge in [0.05, 0.1) is 11.8 Å². The van der Waals surface area contributed by atoms with E-state index in [4.69, 9.17) is 11.6 Å². The molecule has 1 aromatic heterocycles. The summed E-state index contributed by atoms with van der Waals surface area (Å²) < 4.78 is 27.0. The highest BCUT2D eigenvalue weighted by Gasteiger charge is 2.24. The second-order valence-electron chi connectivity index (χ2n) is 7.19. The van der Waals surface area contributed by atoms with Gasteiger partial charge < -0.3 is 10.6 Å². The van der Waals surface area contributed by atoms with Crippen molar-refractivity contribution < 1.29 is 18.0 Å². The van der Waals surface area contributed by atoms with Gasteiger partial charge in [0.2, 0.25) is 0 Å². The zero-order valence-electron chi connectivity index (χ0n) is 17.3. The van der Waals surface area contributed by atoms with Crippen molar-refractivity contribution in [2.24, 2.45) is 0 Å². The molecule has 0 fully saturated rings. The van der Waals surface area contributed by atoms with Crippen LogP contribution in [0.25, 0.3) is 0 Å². The molecular weight excluding hydrogens is 430 g/mol. The van der Waals surface area contributed by atoms with E-state index in [1.165, 1.54) is 7.05 Å². The summed E-state index contributed by atoms with van der Waals surface area (Å²) >= 11 is 6.21. The Kier molecular flexibility index (Phi) is 7.38. The maximum Gasteiger partial charge on any atom is 0.333 e. The molecule has 0 radical (unpaired) electrons. The number of carbonyl (C=O) groups is 2. The molecule has 3 N–H and O–H groups in total. The van der Waals surface area contributed by atoms with E-state index in [2.05, 4.69) is 20.8 Å². The van der Waals surface area contributed by atoms with Crippen LogP contribution in [0.5, 0.6) is 0 Å². The minimum atomic E-state index is -4.36. The minimum Gasteiger partial charge on any atom is -0.355 e. The van der Waals surface area contributed by atoms with Gasteiger partial charge in [-0.2, -0.15) is 13.5 Å². The fraction of sp³-hybridized carbons (Fsp3) is 0.368. The molecule has 0 spiro atoms. The summed E-state index contributed by atoms with van der Waals surface area (Å²) in [6.45, 7) is 7.76. The number of urea groups is 1. The molecule has 1 heterocycles. The fourth-order valence-electron chi connectivity index (χ4n) is 2.77. The minimum absolute atomic E-state index is 0.00447. The van der Waals surface area contributed by atoms with Crippen LogP contribution in [0.4, 0.5) is 10.5 Å². The molecule has 0 unspecified atom stereocenters. The van der Waals surface area contributed by atoms with Gasteiger partial charge >= 0.3 is 6.03 Å². The molecule has 9 nitrogen and oxygen atoms in total. The Labute approximate surface area is 180 Å². The van der Waals surface area contributed by atoms with Gasteiger partial charge in [-0.1, -0.05) is 39.3 Å². The number of halogens is 1. The third kappa shape index (κ3) is 5.45. The number of amides is 3. The smallest absolute Gasteiger partial charge is 0.333 e. The van der Waals surface area contributed by atoms with Crippen LogP contribution in [0.15, 0.2) is 29.4 Å². The van der Waals surface area contributed by atoms with E-state index in [9.17, 15) is 18.0 Å². The lowest BCUT2D eigenvalue weighted by atomic mass is 9.92. The SMILES string of the molecule is CNC(=O)c1cnnc(S(=O)(=O)NC(=O)Nc2c(C(C)C)cc(Cl)cc2C(C)C)c1. The summed E-state index contributed by atoms with van der Waals surface area (Å²) in [4.78, 5) is 24.3. The number of sulfonamides is 1. The molecule has 0 atom stereocenters. The molecule has 0 aliphatic heterocycles. The van der Waals surface area contributed by atoms with Gasteiger partial charge in [-0.15, -0.1) is 5.10 Å². The van der Waals surface area contributed by atoms with E-state index < -0.39 is 27.0 Å². The molecule has 3 amide bonds. The molecule has 1 aromatic carbocycles. The van der Waals surface area contributed by atoms with Crippen LogP contribution < -0.4 is 15.4 Å². The number of benzene rings is 1. The first kappa shape index (κ1) is 23.6. The van der Waals surface area contributed by atoms with Crippen molar-refractivity contribution in [3.63, 3.8) is 0 Å². The molecule has 11 heteroatoms. The van der Waals surface area contributed by atoms with E-state index in [1.807, 2.05) is 32.4 Å². The number of anilines is 1. The van der Waals surface area contributed by atoms with Gasteiger partial charge in [-0.05, 0) is 41.2 Å². The number of hydrogen-bond acceptors (Lipinski definition) is 6. The highest BCUT2D eigenvalue weighted by Crippen LogP contribution is 2.35. The van der Waals surface area contributed by atoms with Crippen molar-refractivity contribution >= 4 is 39.2 Å². The van der Waals surface area contributed by atoms with E-state index in [1.54, 1.807) is 12.1 Å². The maximum atomic E-state index is 12.6. The van der Waals surface area contributed by atoms with Crippen molar-refractivity contribution in [3.05, 3.63) is 46.1 Å². The Balaban J connectivity index is 2.35. The lowest BCUT2D eigenvalue weighted by Crippen LogP contribution is -2.35. The summed E-state index contributed by atoms with van der Waals surface area (Å²) in [6, 6.07) is 3.54. The average molecular weight is 454 g/mol. The van der Waals surface area contributed by atoms with E-state index in [0.717, 1.165) is 23.4 Å². The Morgan fingerprint density at radius 3 is 2.10 bits per heavy atom. The Morgan fingerprint density at radius 2 is 1.60 bits per heavy atom. The highest BCUT2D eigenvalue weighted by atomic mass is 35.5. The van der Waals surface area contributed by atoms with Crippen molar-refractivity contribution in [1.29, 1.82) is 0 Å². The van der Waals surface area contributed by atoms with Crippen LogP contribution in [0.3, 0.4) is 0 Å². The average Bonchev–Trinajstić information content (AvgIpc) is 2.67. The molecule has 0 saturated carbocycles. The largest absolute Gasteiger partial charge is 0.355 e. The fourth-order valence-corrected chi connectivity index (χ4v) is 3.84. The van der Waals surface area contributed by atoms with Crippen LogP contribution in [-0.4, -0.2) is 37.6 Å². The second-order valence-corrected chi connectivity index (χ2v) is 9.26. The number of carbonyl (C=O) groups excluding carboxylic acids is 2. The van der Waals surface area contributed by atoms with Gasteiger partial charge in [0.25, 0.3) is 15.9 Å². The molecule has 30 heavy (non-hydrogen) atoms. The van der Waals surface area contributed by atoms with Crippen molar-refractivity contribution in [3.8, 4) is 0 Å². The van der Waals surface area contributed by atoms with E-state index in [0.29, 0.717) is 10.7 Å². The number of nitrogens with zero attached hydrogens (tertiary/aromatic N) is 2. The Bertz CT molecular complexity index is 1040. The van der Waals surface area contributed by atoms with Crippen molar-refractivity contribution in [2.45, 2.75) is 44.6 Å². The number of aromatic nitrogens is 2. The zero-order chi connectivity index (χ0) is 22.6. The maximum absolute atomic E-state index is 12.6. The number of hydrogen-bond donors (Lipinski definition) is 3. The first-order valence-electron chi connectivity index (χ1n) is 9.18. The lowest BCUT2D eigenvalue weighted by molar-refractivity contribution is 0.0962. The van der Waals surface area contributed by atoms with Gasteiger partial charge in [-0.25, -0.2) is 9.52 Å². The monoisotopic (exact) mass is 453 g/mol.